The summed E-state index contributed by atoms with van der Waals surface area (Å²) in [5.74, 6) is -1.83. The number of carbonyl (C=O) groups excluding carboxylic acids is 3. The van der Waals surface area contributed by atoms with E-state index in [0.29, 0.717) is 0 Å². The maximum Gasteiger partial charge on any atom is 0.192 e. The first-order chi connectivity index (χ1) is 12.4. The molecule has 0 unspecified atom stereocenters. The third-order valence-electron chi connectivity index (χ3n) is 5.22. The number of fused-ring (bicyclic) bond motifs is 2. The standard InChI is InChI=1S/C20H16O6/c21-9-16(23)20(26)7-14-17(15(22)8-20)19(25)13-6-11-4-2-1-3-10(11)5-12(13)18(14)24/h1-6,15,21-22,26H,7-9H2/t15-,20+/m0/s1. The van der Waals surface area contributed by atoms with Crippen LogP contribution in [0.15, 0.2) is 47.5 Å². The predicted octanol–water partition coefficient (Wildman–Crippen LogP) is 0.963. The van der Waals surface area contributed by atoms with Crippen LogP contribution in [0.25, 0.3) is 10.8 Å². The van der Waals surface area contributed by atoms with E-state index in [-0.39, 0.29) is 22.3 Å². The summed E-state index contributed by atoms with van der Waals surface area (Å²) in [5, 5.41) is 31.5. The molecule has 0 saturated heterocycles. The summed E-state index contributed by atoms with van der Waals surface area (Å²) in [6.45, 7) is -0.908. The number of hydrogen-bond donors (Lipinski definition) is 3. The summed E-state index contributed by atoms with van der Waals surface area (Å²) < 4.78 is 0. The molecule has 0 heterocycles. The molecule has 26 heavy (non-hydrogen) atoms. The molecule has 2 aromatic rings. The van der Waals surface area contributed by atoms with Gasteiger partial charge in [0.1, 0.15) is 12.2 Å². The molecule has 2 aliphatic carbocycles. The lowest BCUT2D eigenvalue weighted by Crippen LogP contribution is -2.50. The highest BCUT2D eigenvalue weighted by Crippen LogP contribution is 2.41. The maximum atomic E-state index is 13.0. The van der Waals surface area contributed by atoms with Gasteiger partial charge in [0.05, 0.1) is 6.10 Å². The van der Waals surface area contributed by atoms with Gasteiger partial charge >= 0.3 is 0 Å². The van der Waals surface area contributed by atoms with Crippen molar-refractivity contribution in [1.82, 2.24) is 0 Å². The Kier molecular flexibility index (Phi) is 3.66. The minimum Gasteiger partial charge on any atom is -0.388 e. The lowest BCUT2D eigenvalue weighted by molar-refractivity contribution is -0.143. The van der Waals surface area contributed by atoms with Crippen molar-refractivity contribution in [3.63, 3.8) is 0 Å². The minimum absolute atomic E-state index is 0.0548. The molecule has 0 fully saturated rings. The van der Waals surface area contributed by atoms with E-state index >= 15 is 0 Å². The number of rotatable bonds is 2. The molecule has 2 atom stereocenters. The number of hydrogen-bond acceptors (Lipinski definition) is 6. The van der Waals surface area contributed by atoms with E-state index in [1.807, 2.05) is 24.3 Å². The summed E-state index contributed by atoms with van der Waals surface area (Å²) in [5.41, 5.74) is -1.77. The maximum absolute atomic E-state index is 13.0. The molecular weight excluding hydrogens is 336 g/mol. The van der Waals surface area contributed by atoms with E-state index in [4.69, 9.17) is 5.11 Å². The highest BCUT2D eigenvalue weighted by atomic mass is 16.3. The van der Waals surface area contributed by atoms with Crippen LogP contribution in [0.1, 0.15) is 33.6 Å². The van der Waals surface area contributed by atoms with E-state index in [9.17, 15) is 24.6 Å². The Balaban J connectivity index is 1.89. The van der Waals surface area contributed by atoms with Gasteiger partial charge in [0.2, 0.25) is 0 Å². The first kappa shape index (κ1) is 16.8. The molecule has 0 bridgehead atoms. The van der Waals surface area contributed by atoms with E-state index in [1.165, 1.54) is 0 Å². The summed E-state index contributed by atoms with van der Waals surface area (Å²) in [6, 6.07) is 10.5. The number of carbonyl (C=O) groups is 3. The minimum atomic E-state index is -2.06. The zero-order valence-electron chi connectivity index (χ0n) is 13.7. The molecule has 3 N–H and O–H groups in total. The van der Waals surface area contributed by atoms with Crippen molar-refractivity contribution in [3.05, 3.63) is 58.7 Å². The average molecular weight is 352 g/mol. The first-order valence-corrected chi connectivity index (χ1v) is 8.25. The highest BCUT2D eigenvalue weighted by Gasteiger charge is 2.48. The number of aliphatic hydroxyl groups is 3. The number of Topliss-reactive ketones (excluding diaryl/α,β-unsaturated/α-hetero) is 3. The van der Waals surface area contributed by atoms with Gasteiger partial charge in [0, 0.05) is 35.1 Å². The van der Waals surface area contributed by atoms with Crippen LogP contribution in [-0.2, 0) is 4.79 Å². The summed E-state index contributed by atoms with van der Waals surface area (Å²) >= 11 is 0. The summed E-state index contributed by atoms with van der Waals surface area (Å²) in [6.07, 6.45) is -2.27. The van der Waals surface area contributed by atoms with Gasteiger partial charge in [-0.25, -0.2) is 0 Å². The van der Waals surface area contributed by atoms with Crippen molar-refractivity contribution in [2.24, 2.45) is 0 Å². The molecule has 0 saturated carbocycles. The van der Waals surface area contributed by atoms with Gasteiger partial charge in [0.15, 0.2) is 17.3 Å². The van der Waals surface area contributed by atoms with Crippen LogP contribution in [0, 0.1) is 0 Å². The molecule has 4 rings (SSSR count). The molecule has 2 aliphatic rings. The van der Waals surface area contributed by atoms with Gasteiger partial charge in [-0.3, -0.25) is 14.4 Å². The molecule has 2 aromatic carbocycles. The van der Waals surface area contributed by atoms with Crippen molar-refractivity contribution in [1.29, 1.82) is 0 Å². The molecule has 0 aliphatic heterocycles. The highest BCUT2D eigenvalue weighted by molar-refractivity contribution is 6.29. The zero-order chi connectivity index (χ0) is 18.6. The van der Waals surface area contributed by atoms with Gasteiger partial charge in [-0.05, 0) is 22.9 Å². The number of aliphatic hydroxyl groups excluding tert-OH is 2. The SMILES string of the molecule is O=C1C2=C(C(=O)c3cc4ccccc4cc31)[C@@H](O)C[C@@](O)(C(=O)CO)C2. The predicted molar refractivity (Wildman–Crippen MR) is 91.9 cm³/mol. The van der Waals surface area contributed by atoms with Gasteiger partial charge in [-0.15, -0.1) is 0 Å². The van der Waals surface area contributed by atoms with E-state index in [0.717, 1.165) is 10.8 Å². The normalized spacial score (nSPS) is 25.3. The zero-order valence-corrected chi connectivity index (χ0v) is 13.7. The quantitative estimate of drug-likeness (QED) is 0.742. The smallest absolute Gasteiger partial charge is 0.192 e. The Morgan fingerprint density at radius 3 is 2.23 bits per heavy atom. The van der Waals surface area contributed by atoms with Gasteiger partial charge < -0.3 is 15.3 Å². The summed E-state index contributed by atoms with van der Waals surface area (Å²) in [7, 11) is 0. The fraction of sp³-hybridized carbons (Fsp3) is 0.250. The molecule has 0 radical (unpaired) electrons. The van der Waals surface area contributed by atoms with Crippen LogP contribution < -0.4 is 0 Å². The van der Waals surface area contributed by atoms with E-state index < -0.39 is 48.5 Å². The van der Waals surface area contributed by atoms with E-state index in [2.05, 4.69) is 0 Å². The monoisotopic (exact) mass is 352 g/mol. The molecule has 0 amide bonds. The Morgan fingerprint density at radius 1 is 1.08 bits per heavy atom. The van der Waals surface area contributed by atoms with Crippen molar-refractivity contribution < 1.29 is 29.7 Å². The van der Waals surface area contributed by atoms with Crippen LogP contribution in [0.3, 0.4) is 0 Å². The second-order valence-corrected chi connectivity index (χ2v) is 6.80. The molecule has 6 nitrogen and oxygen atoms in total. The first-order valence-electron chi connectivity index (χ1n) is 8.25. The second kappa shape index (κ2) is 5.67. The van der Waals surface area contributed by atoms with Gasteiger partial charge in [-0.1, -0.05) is 24.3 Å². The number of ketones is 3. The largest absolute Gasteiger partial charge is 0.388 e. The van der Waals surface area contributed by atoms with Crippen LogP contribution in [0.5, 0.6) is 0 Å². The number of benzene rings is 2. The summed E-state index contributed by atoms with van der Waals surface area (Å²) in [4.78, 5) is 37.8. The van der Waals surface area contributed by atoms with Crippen molar-refractivity contribution in [3.8, 4) is 0 Å². The molecular formula is C20H16O6. The lowest BCUT2D eigenvalue weighted by atomic mass is 9.69. The van der Waals surface area contributed by atoms with Crippen LogP contribution in [0.4, 0.5) is 0 Å². The van der Waals surface area contributed by atoms with Crippen LogP contribution in [0.2, 0.25) is 0 Å². The van der Waals surface area contributed by atoms with Crippen molar-refractivity contribution in [2.45, 2.75) is 24.5 Å². The van der Waals surface area contributed by atoms with E-state index in [1.54, 1.807) is 12.1 Å². The molecule has 0 spiro atoms. The molecule has 0 aromatic heterocycles. The van der Waals surface area contributed by atoms with Gasteiger partial charge in [-0.2, -0.15) is 0 Å². The third-order valence-corrected chi connectivity index (χ3v) is 5.22. The Morgan fingerprint density at radius 2 is 1.65 bits per heavy atom. The third kappa shape index (κ3) is 2.27. The van der Waals surface area contributed by atoms with Crippen molar-refractivity contribution >= 4 is 28.1 Å². The van der Waals surface area contributed by atoms with Crippen LogP contribution >= 0.6 is 0 Å². The molecule has 6 heteroatoms. The van der Waals surface area contributed by atoms with Crippen molar-refractivity contribution in [2.75, 3.05) is 6.61 Å². The topological polar surface area (TPSA) is 112 Å². The Labute approximate surface area is 148 Å². The lowest BCUT2D eigenvalue weighted by Gasteiger charge is -2.37. The Bertz CT molecular complexity index is 1020. The second-order valence-electron chi connectivity index (χ2n) is 6.80. The fourth-order valence-electron chi connectivity index (χ4n) is 3.86. The molecule has 132 valence electrons. The van der Waals surface area contributed by atoms with Gasteiger partial charge in [0.25, 0.3) is 0 Å². The fourth-order valence-corrected chi connectivity index (χ4v) is 3.86. The Hall–Kier alpha value is -2.67. The average Bonchev–Trinajstić information content (AvgIpc) is 2.63. The van der Waals surface area contributed by atoms with Crippen LogP contribution in [-0.4, -0.2) is 51.0 Å².